The Labute approximate surface area is 146 Å². The molecule has 4 fully saturated rings. The first kappa shape index (κ1) is 17.0. The minimum absolute atomic E-state index is 0.0928. The van der Waals surface area contributed by atoms with Crippen LogP contribution in [0.4, 0.5) is 0 Å². The highest BCUT2D eigenvalue weighted by molar-refractivity contribution is 5.83. The van der Waals surface area contributed by atoms with Crippen LogP contribution < -0.4 is 0 Å². The van der Waals surface area contributed by atoms with Gasteiger partial charge >= 0.3 is 0 Å². The van der Waals surface area contributed by atoms with Crippen LogP contribution in [0, 0.1) is 40.4 Å². The smallest absolute Gasteiger partial charge is 0.136 e. The summed E-state index contributed by atoms with van der Waals surface area (Å²) in [6.07, 6.45) is 9.77. The predicted molar refractivity (Wildman–Crippen MR) is 93.3 cm³/mol. The SMILES string of the molecule is CC(=O)C12CC[C@H]3[C@@H](CC[C@H]4C[C@H](O)CC[C@@]43C)[C@@H]1CC[C@@H]2CO. The molecule has 24 heavy (non-hydrogen) atoms. The molecule has 0 spiro atoms. The molecule has 0 radical (unpaired) electrons. The van der Waals surface area contributed by atoms with Crippen LogP contribution in [0.25, 0.3) is 0 Å². The second-order valence-electron chi connectivity index (χ2n) is 9.68. The van der Waals surface area contributed by atoms with Crippen molar-refractivity contribution in [3.8, 4) is 0 Å². The van der Waals surface area contributed by atoms with Crippen molar-refractivity contribution in [3.05, 3.63) is 0 Å². The van der Waals surface area contributed by atoms with Gasteiger partial charge in [0.25, 0.3) is 0 Å². The first-order valence-electron chi connectivity index (χ1n) is 10.2. The van der Waals surface area contributed by atoms with Crippen LogP contribution in [-0.4, -0.2) is 28.7 Å². The molecule has 0 aromatic heterocycles. The number of carbonyl (C=O) groups is 1. The van der Waals surface area contributed by atoms with Crippen molar-refractivity contribution >= 4 is 5.78 Å². The Morgan fingerprint density at radius 1 is 1.04 bits per heavy atom. The lowest BCUT2D eigenvalue weighted by molar-refractivity contribution is -0.155. The molecular weight excluding hydrogens is 300 g/mol. The monoisotopic (exact) mass is 334 g/mol. The molecule has 4 aliphatic carbocycles. The van der Waals surface area contributed by atoms with E-state index in [0.29, 0.717) is 29.0 Å². The summed E-state index contributed by atoms with van der Waals surface area (Å²) >= 11 is 0. The number of hydrogen-bond donors (Lipinski definition) is 2. The lowest BCUT2D eigenvalue weighted by Crippen LogP contribution is -2.56. The summed E-state index contributed by atoms with van der Waals surface area (Å²) in [5, 5.41) is 20.0. The maximum Gasteiger partial charge on any atom is 0.136 e. The van der Waals surface area contributed by atoms with E-state index in [1.807, 2.05) is 0 Å². The number of Topliss-reactive ketones (excluding diaryl/α,β-unsaturated/α-hetero) is 1. The Kier molecular flexibility index (Phi) is 4.12. The molecular formula is C21H34O3. The van der Waals surface area contributed by atoms with E-state index in [1.165, 1.54) is 12.8 Å². The molecule has 136 valence electrons. The summed E-state index contributed by atoms with van der Waals surface area (Å²) in [4.78, 5) is 12.7. The van der Waals surface area contributed by atoms with Crippen LogP contribution >= 0.6 is 0 Å². The number of rotatable bonds is 2. The van der Waals surface area contributed by atoms with E-state index in [-0.39, 0.29) is 24.0 Å². The Bertz CT molecular complexity index is 517. The summed E-state index contributed by atoms with van der Waals surface area (Å²) < 4.78 is 0. The summed E-state index contributed by atoms with van der Waals surface area (Å²) in [7, 11) is 0. The molecule has 0 aliphatic heterocycles. The molecule has 2 N–H and O–H groups in total. The zero-order chi connectivity index (χ0) is 17.1. The van der Waals surface area contributed by atoms with Crippen molar-refractivity contribution in [2.24, 2.45) is 40.4 Å². The second-order valence-corrected chi connectivity index (χ2v) is 9.68. The standard InChI is InChI=1S/C21H34O3/c1-13(23)21-10-8-18-17(19(21)6-4-15(21)12-22)5-3-14-11-16(24)7-9-20(14,18)2/h14-19,22,24H,3-12H2,1-2H3/t14-,15+,16+,17+,18-,19-,20-,21?/m0/s1. The summed E-state index contributed by atoms with van der Waals surface area (Å²) in [5.74, 6) is 3.08. The highest BCUT2D eigenvalue weighted by Crippen LogP contribution is 2.67. The Morgan fingerprint density at radius 3 is 2.54 bits per heavy atom. The fourth-order valence-corrected chi connectivity index (χ4v) is 8.00. The zero-order valence-corrected chi connectivity index (χ0v) is 15.3. The van der Waals surface area contributed by atoms with Gasteiger partial charge in [0.1, 0.15) is 5.78 Å². The summed E-state index contributed by atoms with van der Waals surface area (Å²) in [5.41, 5.74) is 0.135. The van der Waals surface area contributed by atoms with Gasteiger partial charge < -0.3 is 10.2 Å². The van der Waals surface area contributed by atoms with Crippen molar-refractivity contribution in [1.29, 1.82) is 0 Å². The molecule has 4 aliphatic rings. The summed E-state index contributed by atoms with van der Waals surface area (Å²) in [6.45, 7) is 4.45. The van der Waals surface area contributed by atoms with Gasteiger partial charge in [0, 0.05) is 12.0 Å². The van der Waals surface area contributed by atoms with Gasteiger partial charge in [-0.1, -0.05) is 6.92 Å². The average Bonchev–Trinajstić information content (AvgIpc) is 2.95. The number of fused-ring (bicyclic) bond motifs is 5. The quantitative estimate of drug-likeness (QED) is 0.812. The maximum absolute atomic E-state index is 12.7. The normalized spacial score (nSPS) is 53.8. The fraction of sp³-hybridized carbons (Fsp3) is 0.952. The first-order valence-corrected chi connectivity index (χ1v) is 10.2. The van der Waals surface area contributed by atoms with Gasteiger partial charge in [-0.2, -0.15) is 0 Å². The average molecular weight is 335 g/mol. The van der Waals surface area contributed by atoms with Crippen LogP contribution in [0.3, 0.4) is 0 Å². The number of aliphatic hydroxyl groups is 2. The van der Waals surface area contributed by atoms with Crippen LogP contribution in [0.5, 0.6) is 0 Å². The van der Waals surface area contributed by atoms with Gasteiger partial charge in [0.05, 0.1) is 6.10 Å². The van der Waals surface area contributed by atoms with Gasteiger partial charge in [-0.25, -0.2) is 0 Å². The first-order chi connectivity index (χ1) is 11.4. The highest BCUT2D eigenvalue weighted by Gasteiger charge is 2.63. The van der Waals surface area contributed by atoms with Crippen molar-refractivity contribution in [2.75, 3.05) is 6.61 Å². The molecule has 1 unspecified atom stereocenters. The molecule has 4 rings (SSSR count). The third kappa shape index (κ3) is 2.13. The van der Waals surface area contributed by atoms with Gasteiger partial charge in [0.15, 0.2) is 0 Å². The fourth-order valence-electron chi connectivity index (χ4n) is 8.00. The van der Waals surface area contributed by atoms with Crippen molar-refractivity contribution in [2.45, 2.75) is 77.7 Å². The van der Waals surface area contributed by atoms with E-state index in [4.69, 9.17) is 0 Å². The van der Waals surface area contributed by atoms with E-state index in [1.54, 1.807) is 6.92 Å². The van der Waals surface area contributed by atoms with Crippen LogP contribution in [0.2, 0.25) is 0 Å². The number of aliphatic hydroxyl groups excluding tert-OH is 2. The van der Waals surface area contributed by atoms with Crippen molar-refractivity contribution in [1.82, 2.24) is 0 Å². The van der Waals surface area contributed by atoms with Gasteiger partial charge in [-0.3, -0.25) is 4.79 Å². The number of ketones is 1. The van der Waals surface area contributed by atoms with Crippen LogP contribution in [0.1, 0.15) is 71.6 Å². The molecule has 0 amide bonds. The molecule has 0 heterocycles. The minimum atomic E-state index is -0.229. The molecule has 4 saturated carbocycles. The second kappa shape index (κ2) is 5.81. The molecule has 0 bridgehead atoms. The largest absolute Gasteiger partial charge is 0.396 e. The third-order valence-corrected chi connectivity index (χ3v) is 9.20. The van der Waals surface area contributed by atoms with Crippen LogP contribution in [-0.2, 0) is 4.79 Å². The Balaban J connectivity index is 1.66. The van der Waals surface area contributed by atoms with Crippen molar-refractivity contribution < 1.29 is 15.0 Å². The lowest BCUT2D eigenvalue weighted by atomic mass is 9.44. The molecule has 0 saturated heterocycles. The van der Waals surface area contributed by atoms with Gasteiger partial charge in [0.2, 0.25) is 0 Å². The van der Waals surface area contributed by atoms with Crippen molar-refractivity contribution in [3.63, 3.8) is 0 Å². The Morgan fingerprint density at radius 2 is 1.83 bits per heavy atom. The summed E-state index contributed by atoms with van der Waals surface area (Å²) in [6, 6.07) is 0. The molecule has 3 heteroatoms. The van der Waals surface area contributed by atoms with Gasteiger partial charge in [-0.05, 0) is 99.7 Å². The number of carbonyl (C=O) groups excluding carboxylic acids is 1. The lowest BCUT2D eigenvalue weighted by Gasteiger charge is -2.61. The van der Waals surface area contributed by atoms with E-state index >= 15 is 0 Å². The van der Waals surface area contributed by atoms with E-state index in [9.17, 15) is 15.0 Å². The molecule has 0 aromatic rings. The van der Waals surface area contributed by atoms with Crippen LogP contribution in [0.15, 0.2) is 0 Å². The number of hydrogen-bond acceptors (Lipinski definition) is 3. The maximum atomic E-state index is 12.7. The molecule has 0 aromatic carbocycles. The van der Waals surface area contributed by atoms with E-state index in [0.717, 1.165) is 50.9 Å². The van der Waals surface area contributed by atoms with E-state index in [2.05, 4.69) is 6.92 Å². The topological polar surface area (TPSA) is 57.5 Å². The van der Waals surface area contributed by atoms with E-state index < -0.39 is 0 Å². The Hall–Kier alpha value is -0.410. The molecule has 3 nitrogen and oxygen atoms in total. The third-order valence-electron chi connectivity index (χ3n) is 9.20. The minimum Gasteiger partial charge on any atom is -0.396 e. The molecule has 8 atom stereocenters. The predicted octanol–water partition coefficient (Wildman–Crippen LogP) is 3.57. The highest BCUT2D eigenvalue weighted by atomic mass is 16.3. The zero-order valence-electron chi connectivity index (χ0n) is 15.3. The van der Waals surface area contributed by atoms with Gasteiger partial charge in [-0.15, -0.1) is 0 Å².